The van der Waals surface area contributed by atoms with E-state index in [2.05, 4.69) is 10.6 Å². The van der Waals surface area contributed by atoms with E-state index in [-0.39, 0.29) is 11.7 Å². The van der Waals surface area contributed by atoms with Gasteiger partial charge in [-0.3, -0.25) is 4.79 Å². The van der Waals surface area contributed by atoms with Gasteiger partial charge in [-0.2, -0.15) is 0 Å². The number of para-hydroxylation sites is 1. The van der Waals surface area contributed by atoms with E-state index in [0.29, 0.717) is 34.1 Å². The molecule has 6 heteroatoms. The third-order valence-electron chi connectivity index (χ3n) is 3.95. The number of hydrogen-bond acceptors (Lipinski definition) is 4. The monoisotopic (exact) mass is 366 g/mol. The smallest absolute Gasteiger partial charge is 0.257 e. The van der Waals surface area contributed by atoms with Gasteiger partial charge in [-0.05, 0) is 48.5 Å². The quantitative estimate of drug-likeness (QED) is 0.655. The zero-order valence-electron chi connectivity index (χ0n) is 15.0. The molecule has 5 nitrogen and oxygen atoms in total. The minimum atomic E-state index is -0.323. The van der Waals surface area contributed by atoms with E-state index in [1.165, 1.54) is 19.2 Å². The van der Waals surface area contributed by atoms with Crippen molar-refractivity contribution in [3.63, 3.8) is 0 Å². The van der Waals surface area contributed by atoms with Crippen molar-refractivity contribution < 1.29 is 18.7 Å². The minimum absolute atomic E-state index is 0.313. The number of nitrogens with one attached hydrogen (secondary N) is 2. The molecule has 0 radical (unpaired) electrons. The Bertz CT molecular complexity index is 942. The number of halogens is 1. The summed E-state index contributed by atoms with van der Waals surface area (Å²) in [4.78, 5) is 12.8. The van der Waals surface area contributed by atoms with Gasteiger partial charge in [0.1, 0.15) is 17.3 Å². The lowest BCUT2D eigenvalue weighted by Gasteiger charge is -2.14. The summed E-state index contributed by atoms with van der Waals surface area (Å²) in [5.41, 5.74) is 2.21. The molecule has 0 aliphatic carbocycles. The highest BCUT2D eigenvalue weighted by molar-refractivity contribution is 6.09. The molecule has 3 aromatic carbocycles. The molecule has 0 fully saturated rings. The van der Waals surface area contributed by atoms with Crippen LogP contribution in [0, 0.1) is 5.82 Å². The zero-order chi connectivity index (χ0) is 19.2. The van der Waals surface area contributed by atoms with Crippen LogP contribution in [0.1, 0.15) is 10.4 Å². The Hall–Kier alpha value is -3.54. The van der Waals surface area contributed by atoms with Crippen molar-refractivity contribution in [2.24, 2.45) is 0 Å². The van der Waals surface area contributed by atoms with Crippen LogP contribution in [-0.2, 0) is 0 Å². The summed E-state index contributed by atoms with van der Waals surface area (Å²) in [6, 6.07) is 18.1. The summed E-state index contributed by atoms with van der Waals surface area (Å²) in [7, 11) is 3.08. The van der Waals surface area contributed by atoms with E-state index in [1.807, 2.05) is 6.07 Å². The van der Waals surface area contributed by atoms with Crippen LogP contribution in [0.25, 0.3) is 0 Å². The molecular weight excluding hydrogens is 347 g/mol. The molecule has 0 heterocycles. The van der Waals surface area contributed by atoms with Gasteiger partial charge in [0, 0.05) is 11.8 Å². The zero-order valence-corrected chi connectivity index (χ0v) is 15.0. The lowest BCUT2D eigenvalue weighted by molar-refractivity contribution is 0.102. The predicted molar refractivity (Wildman–Crippen MR) is 104 cm³/mol. The van der Waals surface area contributed by atoms with Crippen LogP contribution >= 0.6 is 0 Å². The molecule has 0 unspecified atom stereocenters. The third kappa shape index (κ3) is 4.36. The number of carbonyl (C=O) groups excluding carboxylic acids is 1. The predicted octanol–water partition coefficient (Wildman–Crippen LogP) is 4.84. The molecule has 3 aromatic rings. The molecule has 0 aromatic heterocycles. The van der Waals surface area contributed by atoms with Crippen molar-refractivity contribution in [3.05, 3.63) is 78.1 Å². The maximum absolute atomic E-state index is 13.1. The molecule has 27 heavy (non-hydrogen) atoms. The van der Waals surface area contributed by atoms with Crippen molar-refractivity contribution in [1.29, 1.82) is 0 Å². The number of anilines is 3. The number of ether oxygens (including phenoxy) is 2. The highest BCUT2D eigenvalue weighted by atomic mass is 19.1. The van der Waals surface area contributed by atoms with E-state index < -0.39 is 0 Å². The molecule has 0 saturated heterocycles. The second-order valence-corrected chi connectivity index (χ2v) is 5.70. The Morgan fingerprint density at radius 2 is 1.63 bits per heavy atom. The van der Waals surface area contributed by atoms with Crippen molar-refractivity contribution in [1.82, 2.24) is 0 Å². The van der Waals surface area contributed by atoms with Gasteiger partial charge in [-0.1, -0.05) is 12.1 Å². The lowest BCUT2D eigenvalue weighted by Crippen LogP contribution is -2.14. The number of hydrogen-bond donors (Lipinski definition) is 2. The van der Waals surface area contributed by atoms with Gasteiger partial charge >= 0.3 is 0 Å². The summed E-state index contributed by atoms with van der Waals surface area (Å²) in [6.45, 7) is 0. The number of benzene rings is 3. The molecule has 0 spiro atoms. The first-order chi connectivity index (χ1) is 13.1. The van der Waals surface area contributed by atoms with Crippen LogP contribution in [0.15, 0.2) is 66.7 Å². The Kier molecular flexibility index (Phi) is 5.56. The summed E-state index contributed by atoms with van der Waals surface area (Å²) in [5.74, 6) is 0.486. The largest absolute Gasteiger partial charge is 0.497 e. The first kappa shape index (κ1) is 18.3. The molecule has 0 bridgehead atoms. The van der Waals surface area contributed by atoms with E-state index >= 15 is 0 Å². The fourth-order valence-electron chi connectivity index (χ4n) is 2.58. The Balaban J connectivity index is 1.86. The van der Waals surface area contributed by atoms with Crippen LogP contribution in [0.2, 0.25) is 0 Å². The van der Waals surface area contributed by atoms with E-state index in [0.717, 1.165) is 0 Å². The summed E-state index contributed by atoms with van der Waals surface area (Å²) in [5, 5.41) is 5.98. The average molecular weight is 366 g/mol. The Labute approximate surface area is 156 Å². The molecular formula is C21H19FN2O3. The van der Waals surface area contributed by atoms with E-state index in [9.17, 15) is 9.18 Å². The van der Waals surface area contributed by atoms with Gasteiger partial charge in [-0.25, -0.2) is 4.39 Å². The number of carbonyl (C=O) groups is 1. The fourth-order valence-corrected chi connectivity index (χ4v) is 2.58. The van der Waals surface area contributed by atoms with Gasteiger partial charge < -0.3 is 20.1 Å². The standard InChI is InChI=1S/C21H19FN2O3/c1-26-16-11-12-20(27-2)19(13-16)24-21(25)17-5-3-4-6-18(17)23-15-9-7-14(22)8-10-15/h3-13,23H,1-2H3,(H,24,25). The van der Waals surface area contributed by atoms with Crippen molar-refractivity contribution in [3.8, 4) is 11.5 Å². The molecule has 3 rings (SSSR count). The topological polar surface area (TPSA) is 59.6 Å². The first-order valence-electron chi connectivity index (χ1n) is 8.25. The molecule has 0 aliphatic rings. The number of amides is 1. The lowest BCUT2D eigenvalue weighted by atomic mass is 10.1. The van der Waals surface area contributed by atoms with Crippen LogP contribution in [0.4, 0.5) is 21.5 Å². The van der Waals surface area contributed by atoms with Crippen molar-refractivity contribution >= 4 is 23.0 Å². The summed E-state index contributed by atoms with van der Waals surface area (Å²) >= 11 is 0. The second kappa shape index (κ2) is 8.23. The number of rotatable bonds is 6. The minimum Gasteiger partial charge on any atom is -0.497 e. The normalized spacial score (nSPS) is 10.2. The highest BCUT2D eigenvalue weighted by Crippen LogP contribution is 2.30. The van der Waals surface area contributed by atoms with Crippen LogP contribution in [-0.4, -0.2) is 20.1 Å². The second-order valence-electron chi connectivity index (χ2n) is 5.70. The van der Waals surface area contributed by atoms with Crippen LogP contribution in [0.5, 0.6) is 11.5 Å². The number of methoxy groups -OCH3 is 2. The van der Waals surface area contributed by atoms with E-state index in [4.69, 9.17) is 9.47 Å². The maximum Gasteiger partial charge on any atom is 0.257 e. The Morgan fingerprint density at radius 3 is 2.33 bits per heavy atom. The molecule has 1 amide bonds. The molecule has 0 atom stereocenters. The highest BCUT2D eigenvalue weighted by Gasteiger charge is 2.14. The molecule has 0 saturated carbocycles. The van der Waals surface area contributed by atoms with Crippen LogP contribution < -0.4 is 20.1 Å². The van der Waals surface area contributed by atoms with Crippen LogP contribution in [0.3, 0.4) is 0 Å². The summed E-state index contributed by atoms with van der Waals surface area (Å²) < 4.78 is 23.6. The van der Waals surface area contributed by atoms with Crippen molar-refractivity contribution in [2.45, 2.75) is 0 Å². The van der Waals surface area contributed by atoms with Crippen molar-refractivity contribution in [2.75, 3.05) is 24.9 Å². The molecule has 0 aliphatic heterocycles. The molecule has 138 valence electrons. The Morgan fingerprint density at radius 1 is 0.889 bits per heavy atom. The third-order valence-corrected chi connectivity index (χ3v) is 3.95. The van der Waals surface area contributed by atoms with Gasteiger partial charge in [0.2, 0.25) is 0 Å². The molecule has 2 N–H and O–H groups in total. The van der Waals surface area contributed by atoms with Gasteiger partial charge in [0.15, 0.2) is 0 Å². The average Bonchev–Trinajstić information content (AvgIpc) is 2.70. The SMILES string of the molecule is COc1ccc(OC)c(NC(=O)c2ccccc2Nc2ccc(F)cc2)c1. The maximum atomic E-state index is 13.1. The fraction of sp³-hybridized carbons (Fsp3) is 0.0952. The van der Waals surface area contributed by atoms with Gasteiger partial charge in [0.25, 0.3) is 5.91 Å². The first-order valence-corrected chi connectivity index (χ1v) is 8.25. The van der Waals surface area contributed by atoms with E-state index in [1.54, 1.807) is 55.6 Å². The van der Waals surface area contributed by atoms with Gasteiger partial charge in [-0.15, -0.1) is 0 Å². The van der Waals surface area contributed by atoms with Gasteiger partial charge in [0.05, 0.1) is 31.2 Å². The summed E-state index contributed by atoms with van der Waals surface area (Å²) in [6.07, 6.45) is 0.